The third-order valence-corrected chi connectivity index (χ3v) is 5.98. The Kier molecular flexibility index (Phi) is 6.90. The van der Waals surface area contributed by atoms with Gasteiger partial charge >= 0.3 is 0 Å². The zero-order chi connectivity index (χ0) is 21.1. The van der Waals surface area contributed by atoms with Gasteiger partial charge in [-0.1, -0.05) is 19.9 Å². The lowest BCUT2D eigenvalue weighted by molar-refractivity contribution is -0.120. The number of nitrogens with zero attached hydrogens (tertiary/aromatic N) is 4. The lowest BCUT2D eigenvalue weighted by atomic mass is 10.2. The fourth-order valence-corrected chi connectivity index (χ4v) is 4.05. The molecule has 1 aliphatic heterocycles. The van der Waals surface area contributed by atoms with Gasteiger partial charge in [-0.25, -0.2) is 9.97 Å². The van der Waals surface area contributed by atoms with Crippen molar-refractivity contribution in [1.29, 1.82) is 0 Å². The Bertz CT molecular complexity index is 878. The highest BCUT2D eigenvalue weighted by Crippen LogP contribution is 2.24. The number of aryl methyl sites for hydroxylation is 2. The van der Waals surface area contributed by atoms with Crippen LogP contribution in [0.4, 0.5) is 11.5 Å². The van der Waals surface area contributed by atoms with Crippen molar-refractivity contribution < 1.29 is 4.79 Å². The summed E-state index contributed by atoms with van der Waals surface area (Å²) in [6, 6.07) is 7.80. The Morgan fingerprint density at radius 3 is 2.38 bits per heavy atom. The molecule has 2 aromatic rings. The highest BCUT2D eigenvalue weighted by atomic mass is 79.9. The van der Waals surface area contributed by atoms with Crippen LogP contribution in [0.25, 0.3) is 0 Å². The Morgan fingerprint density at radius 1 is 1.07 bits per heavy atom. The van der Waals surface area contributed by atoms with E-state index in [-0.39, 0.29) is 11.9 Å². The molecule has 1 saturated heterocycles. The molecule has 1 N–H and O–H groups in total. The number of nitrogens with one attached hydrogen (secondary N) is 1. The van der Waals surface area contributed by atoms with Gasteiger partial charge in [-0.05, 0) is 54.4 Å². The molecule has 1 amide bonds. The van der Waals surface area contributed by atoms with Crippen LogP contribution >= 0.6 is 15.9 Å². The molecule has 1 fully saturated rings. The zero-order valence-corrected chi connectivity index (χ0v) is 19.5. The first-order valence-electron chi connectivity index (χ1n) is 10.2. The lowest BCUT2D eigenvalue weighted by Gasteiger charge is -2.38. The third-order valence-electron chi connectivity index (χ3n) is 5.32. The minimum atomic E-state index is -0.191. The normalized spacial score (nSPS) is 16.2. The van der Waals surface area contributed by atoms with Crippen LogP contribution in [-0.4, -0.2) is 53.0 Å². The summed E-state index contributed by atoms with van der Waals surface area (Å²) in [7, 11) is 0. The number of aromatic nitrogens is 2. The van der Waals surface area contributed by atoms with E-state index in [1.807, 2.05) is 45.0 Å². The van der Waals surface area contributed by atoms with Gasteiger partial charge in [0.25, 0.3) is 0 Å². The Hall–Kier alpha value is -1.99. The molecule has 0 radical (unpaired) electrons. The quantitative estimate of drug-likeness (QED) is 0.727. The minimum Gasteiger partial charge on any atom is -0.354 e. The van der Waals surface area contributed by atoms with Crippen molar-refractivity contribution in [2.24, 2.45) is 0 Å². The van der Waals surface area contributed by atoms with E-state index in [2.05, 4.69) is 49.9 Å². The van der Waals surface area contributed by atoms with Gasteiger partial charge in [-0.3, -0.25) is 9.69 Å². The van der Waals surface area contributed by atoms with E-state index < -0.39 is 0 Å². The van der Waals surface area contributed by atoms with Gasteiger partial charge in [0.05, 0.1) is 11.7 Å². The number of benzene rings is 1. The second-order valence-electron chi connectivity index (χ2n) is 8.05. The van der Waals surface area contributed by atoms with E-state index >= 15 is 0 Å². The van der Waals surface area contributed by atoms with Gasteiger partial charge in [0.1, 0.15) is 11.6 Å². The summed E-state index contributed by atoms with van der Waals surface area (Å²) in [5.74, 6) is 2.20. The molecule has 0 spiro atoms. The van der Waals surface area contributed by atoms with Gasteiger partial charge in [0.15, 0.2) is 0 Å². The Morgan fingerprint density at radius 2 is 1.76 bits per heavy atom. The van der Waals surface area contributed by atoms with Crippen molar-refractivity contribution in [3.05, 3.63) is 45.8 Å². The van der Waals surface area contributed by atoms with Crippen molar-refractivity contribution in [3.8, 4) is 0 Å². The van der Waals surface area contributed by atoms with Crippen molar-refractivity contribution in [2.75, 3.05) is 36.4 Å². The van der Waals surface area contributed by atoms with Crippen molar-refractivity contribution in [3.63, 3.8) is 0 Å². The number of carbonyl (C=O) groups is 1. The van der Waals surface area contributed by atoms with Gasteiger partial charge in [0.2, 0.25) is 5.91 Å². The van der Waals surface area contributed by atoms with Gasteiger partial charge in [-0.15, -0.1) is 0 Å². The van der Waals surface area contributed by atoms with Crippen LogP contribution in [-0.2, 0) is 4.79 Å². The molecule has 0 saturated carbocycles. The fourth-order valence-electron chi connectivity index (χ4n) is 3.46. The average molecular weight is 460 g/mol. The van der Waals surface area contributed by atoms with Gasteiger partial charge in [0, 0.05) is 48.3 Å². The second-order valence-corrected chi connectivity index (χ2v) is 8.91. The number of amides is 1. The average Bonchev–Trinajstić information content (AvgIpc) is 2.69. The number of anilines is 2. The maximum absolute atomic E-state index is 12.8. The van der Waals surface area contributed by atoms with Crippen molar-refractivity contribution in [2.45, 2.75) is 46.6 Å². The lowest BCUT2D eigenvalue weighted by Crippen LogP contribution is -2.53. The molecule has 1 aliphatic rings. The summed E-state index contributed by atoms with van der Waals surface area (Å²) < 4.78 is 0.906. The molecule has 7 heteroatoms. The predicted octanol–water partition coefficient (Wildman–Crippen LogP) is 4.13. The Labute approximate surface area is 181 Å². The molecule has 3 rings (SSSR count). The smallest absolute Gasteiger partial charge is 0.241 e. The third kappa shape index (κ3) is 5.34. The van der Waals surface area contributed by atoms with Crippen LogP contribution in [0.15, 0.2) is 28.7 Å². The SMILES string of the molecule is Cc1ccc(NC(=O)[C@H](C)N2CCN(c3cc(C)nc(C(C)C)n3)CC2)c(Br)c1. The molecule has 0 unspecified atom stereocenters. The number of halogens is 1. The maximum Gasteiger partial charge on any atom is 0.241 e. The second kappa shape index (κ2) is 9.22. The molecule has 0 bridgehead atoms. The van der Waals surface area contributed by atoms with Crippen LogP contribution in [0.3, 0.4) is 0 Å². The number of rotatable bonds is 5. The van der Waals surface area contributed by atoms with Crippen LogP contribution in [0.5, 0.6) is 0 Å². The molecule has 1 aromatic carbocycles. The summed E-state index contributed by atoms with van der Waals surface area (Å²) >= 11 is 3.53. The zero-order valence-electron chi connectivity index (χ0n) is 17.9. The molecule has 0 aliphatic carbocycles. The summed E-state index contributed by atoms with van der Waals surface area (Å²) in [5, 5.41) is 3.04. The Balaban J connectivity index is 1.60. The van der Waals surface area contributed by atoms with Crippen LogP contribution < -0.4 is 10.2 Å². The number of hydrogen-bond acceptors (Lipinski definition) is 5. The molecule has 29 heavy (non-hydrogen) atoms. The molecular formula is C22H30BrN5O. The predicted molar refractivity (Wildman–Crippen MR) is 122 cm³/mol. The first kappa shape index (κ1) is 21.7. The summed E-state index contributed by atoms with van der Waals surface area (Å²) in [6.07, 6.45) is 0. The van der Waals surface area contributed by atoms with Crippen LogP contribution in [0.2, 0.25) is 0 Å². The van der Waals surface area contributed by atoms with E-state index in [4.69, 9.17) is 4.98 Å². The molecule has 1 aromatic heterocycles. The molecule has 156 valence electrons. The van der Waals surface area contributed by atoms with E-state index in [0.29, 0.717) is 5.92 Å². The highest BCUT2D eigenvalue weighted by Gasteiger charge is 2.27. The topological polar surface area (TPSA) is 61.4 Å². The van der Waals surface area contributed by atoms with Crippen LogP contribution in [0, 0.1) is 13.8 Å². The monoisotopic (exact) mass is 459 g/mol. The number of carbonyl (C=O) groups excluding carboxylic acids is 1. The largest absolute Gasteiger partial charge is 0.354 e. The summed E-state index contributed by atoms with van der Waals surface area (Å²) in [4.78, 5) is 26.6. The molecule has 6 nitrogen and oxygen atoms in total. The van der Waals surface area contributed by atoms with Crippen molar-refractivity contribution in [1.82, 2.24) is 14.9 Å². The summed E-state index contributed by atoms with van der Waals surface area (Å²) in [5.41, 5.74) is 2.96. The molecular weight excluding hydrogens is 430 g/mol. The standard InChI is InChI=1S/C22H30BrN5O/c1-14(2)21-24-16(4)13-20(26-21)28-10-8-27(9-11-28)17(5)22(29)25-19-7-6-15(3)12-18(19)23/h6-7,12-14,17H,8-11H2,1-5H3,(H,25,29)/t17-/m0/s1. The van der Waals surface area contributed by atoms with Gasteiger partial charge in [-0.2, -0.15) is 0 Å². The fraction of sp³-hybridized carbons (Fsp3) is 0.500. The molecule has 2 heterocycles. The number of piperazine rings is 1. The minimum absolute atomic E-state index is 0.0166. The van der Waals surface area contributed by atoms with E-state index in [9.17, 15) is 4.79 Å². The van der Waals surface area contributed by atoms with Gasteiger partial charge < -0.3 is 10.2 Å². The van der Waals surface area contributed by atoms with Crippen LogP contribution in [0.1, 0.15) is 43.8 Å². The number of hydrogen-bond donors (Lipinski definition) is 1. The van der Waals surface area contributed by atoms with E-state index in [1.54, 1.807) is 0 Å². The maximum atomic E-state index is 12.8. The highest BCUT2D eigenvalue weighted by molar-refractivity contribution is 9.10. The van der Waals surface area contributed by atoms with Crippen molar-refractivity contribution >= 4 is 33.3 Å². The molecule has 1 atom stereocenters. The first-order valence-corrected chi connectivity index (χ1v) is 11.0. The first-order chi connectivity index (χ1) is 13.7. The van der Waals surface area contributed by atoms with E-state index in [1.165, 1.54) is 0 Å². The van der Waals surface area contributed by atoms with E-state index in [0.717, 1.165) is 59.2 Å². The summed E-state index contributed by atoms with van der Waals surface area (Å²) in [6.45, 7) is 13.6.